The van der Waals surface area contributed by atoms with Crippen molar-refractivity contribution in [3.05, 3.63) is 112 Å². The summed E-state index contributed by atoms with van der Waals surface area (Å²) in [5.74, 6) is -0.813. The highest BCUT2D eigenvalue weighted by atomic mass is 35.5. The molecule has 1 N–H and O–H groups in total. The Labute approximate surface area is 268 Å². The van der Waals surface area contributed by atoms with Crippen LogP contribution in [0.25, 0.3) is 10.8 Å². The average Bonchev–Trinajstić information content (AvgIpc) is 3.51. The molecule has 0 saturated heterocycles. The molecule has 230 valence electrons. The minimum Gasteiger partial charge on any atom is -0.352 e. The highest BCUT2D eigenvalue weighted by molar-refractivity contribution is 7.92. The lowest BCUT2D eigenvalue weighted by Crippen LogP contribution is -2.54. The van der Waals surface area contributed by atoms with Crippen LogP contribution in [0.5, 0.6) is 0 Å². The van der Waals surface area contributed by atoms with Gasteiger partial charge in [0.05, 0.1) is 11.9 Å². The quantitative estimate of drug-likeness (QED) is 0.198. The molecule has 0 radical (unpaired) electrons. The Morgan fingerprint density at radius 3 is 2.30 bits per heavy atom. The third kappa shape index (κ3) is 7.73. The van der Waals surface area contributed by atoms with E-state index >= 15 is 0 Å². The van der Waals surface area contributed by atoms with E-state index in [-0.39, 0.29) is 24.9 Å². The van der Waals surface area contributed by atoms with Gasteiger partial charge in [-0.2, -0.15) is 0 Å². The zero-order valence-electron chi connectivity index (χ0n) is 24.5. The van der Waals surface area contributed by atoms with E-state index in [2.05, 4.69) is 5.32 Å². The number of benzene rings is 4. The minimum atomic E-state index is -3.91. The maximum absolute atomic E-state index is 14.4. The lowest BCUT2D eigenvalue weighted by atomic mass is 10.0. The normalized spacial score (nSPS) is 14.3. The number of nitrogens with zero attached hydrogens (tertiary/aromatic N) is 2. The van der Waals surface area contributed by atoms with E-state index in [1.807, 2.05) is 60.7 Å². The summed E-state index contributed by atoms with van der Waals surface area (Å²) in [6.07, 6.45) is 5.14. The third-order valence-electron chi connectivity index (χ3n) is 8.04. The van der Waals surface area contributed by atoms with Crippen molar-refractivity contribution in [1.29, 1.82) is 0 Å². The summed E-state index contributed by atoms with van der Waals surface area (Å²) in [6.45, 7) is -0.516. The Balaban J connectivity index is 1.56. The highest BCUT2D eigenvalue weighted by Crippen LogP contribution is 2.30. The molecular weight excluding hydrogens is 617 g/mol. The maximum atomic E-state index is 14.4. The van der Waals surface area contributed by atoms with Crippen molar-refractivity contribution in [2.24, 2.45) is 0 Å². The highest BCUT2D eigenvalue weighted by Gasteiger charge is 2.34. The molecule has 4 aromatic carbocycles. The van der Waals surface area contributed by atoms with Crippen molar-refractivity contribution in [1.82, 2.24) is 10.2 Å². The molecule has 2 amide bonds. The summed E-state index contributed by atoms with van der Waals surface area (Å²) in [7, 11) is -3.91. The molecule has 0 bridgehead atoms. The number of nitrogens with one attached hydrogen (secondary N) is 1. The van der Waals surface area contributed by atoms with Gasteiger partial charge in [-0.15, -0.1) is 0 Å². The van der Waals surface area contributed by atoms with Crippen molar-refractivity contribution in [3.63, 3.8) is 0 Å². The van der Waals surface area contributed by atoms with E-state index < -0.39 is 28.5 Å². The SMILES string of the molecule is CS(=O)(=O)N(CC(=O)N(Cc1ccc(Cl)cc1Cl)[C@H](Cc1ccccc1)C(=O)NC1CCCC1)c1cccc2ccccc12. The number of anilines is 1. The van der Waals surface area contributed by atoms with Gasteiger partial charge in [-0.25, -0.2) is 8.42 Å². The second-order valence-corrected chi connectivity index (χ2v) is 14.0. The summed E-state index contributed by atoms with van der Waals surface area (Å²) in [5, 5.41) is 5.49. The van der Waals surface area contributed by atoms with Crippen molar-refractivity contribution < 1.29 is 18.0 Å². The van der Waals surface area contributed by atoms with Gasteiger partial charge < -0.3 is 10.2 Å². The molecule has 1 aliphatic carbocycles. The number of hydrogen-bond donors (Lipinski definition) is 1. The van der Waals surface area contributed by atoms with Crippen LogP contribution in [0.1, 0.15) is 36.8 Å². The fourth-order valence-electron chi connectivity index (χ4n) is 5.78. The number of sulfonamides is 1. The first-order valence-corrected chi connectivity index (χ1v) is 17.2. The predicted molar refractivity (Wildman–Crippen MR) is 177 cm³/mol. The van der Waals surface area contributed by atoms with Crippen LogP contribution in [0.3, 0.4) is 0 Å². The van der Waals surface area contributed by atoms with E-state index in [1.165, 1.54) is 4.90 Å². The fraction of sp³-hybridized carbons (Fsp3) is 0.294. The Hall–Kier alpha value is -3.59. The number of carbonyl (C=O) groups is 2. The number of hydrogen-bond acceptors (Lipinski definition) is 4. The molecule has 1 atom stereocenters. The molecule has 0 aromatic heterocycles. The lowest BCUT2D eigenvalue weighted by molar-refractivity contribution is -0.140. The van der Waals surface area contributed by atoms with E-state index in [9.17, 15) is 18.0 Å². The molecule has 10 heteroatoms. The van der Waals surface area contributed by atoms with Crippen LogP contribution in [0, 0.1) is 0 Å². The van der Waals surface area contributed by atoms with Crippen molar-refractivity contribution in [2.45, 2.75) is 50.7 Å². The van der Waals surface area contributed by atoms with E-state index in [0.29, 0.717) is 26.7 Å². The molecule has 0 aliphatic heterocycles. The predicted octanol–water partition coefficient (Wildman–Crippen LogP) is 6.61. The molecule has 1 saturated carbocycles. The smallest absolute Gasteiger partial charge is 0.244 e. The molecule has 0 unspecified atom stereocenters. The van der Waals surface area contributed by atoms with Gasteiger partial charge in [-0.1, -0.05) is 109 Å². The molecule has 5 rings (SSSR count). The van der Waals surface area contributed by atoms with Crippen LogP contribution < -0.4 is 9.62 Å². The molecule has 1 fully saturated rings. The first kappa shape index (κ1) is 31.8. The van der Waals surface area contributed by atoms with Gasteiger partial charge in [0, 0.05) is 34.4 Å². The first-order chi connectivity index (χ1) is 21.1. The van der Waals surface area contributed by atoms with Crippen LogP contribution in [0.4, 0.5) is 5.69 Å². The molecule has 7 nitrogen and oxygen atoms in total. The van der Waals surface area contributed by atoms with Gasteiger partial charge >= 0.3 is 0 Å². The van der Waals surface area contributed by atoms with Gasteiger partial charge in [0.1, 0.15) is 12.6 Å². The summed E-state index contributed by atoms with van der Waals surface area (Å²) in [6, 6.07) is 26.3. The van der Waals surface area contributed by atoms with Crippen LogP contribution in [-0.2, 0) is 32.6 Å². The molecule has 0 spiro atoms. The average molecular weight is 653 g/mol. The first-order valence-electron chi connectivity index (χ1n) is 14.6. The summed E-state index contributed by atoms with van der Waals surface area (Å²) in [4.78, 5) is 29.9. The largest absolute Gasteiger partial charge is 0.352 e. The minimum absolute atomic E-state index is 0.0163. The van der Waals surface area contributed by atoms with Gasteiger partial charge in [0.25, 0.3) is 0 Å². The Bertz CT molecular complexity index is 1740. The number of amides is 2. The van der Waals surface area contributed by atoms with Crippen molar-refractivity contribution >= 4 is 61.5 Å². The second-order valence-electron chi connectivity index (χ2n) is 11.2. The molecular formula is C34H35Cl2N3O4S. The molecule has 4 aromatic rings. The molecule has 1 aliphatic rings. The summed E-state index contributed by atoms with van der Waals surface area (Å²) >= 11 is 12.7. The summed E-state index contributed by atoms with van der Waals surface area (Å²) < 4.78 is 27.6. The monoisotopic (exact) mass is 651 g/mol. The number of carbonyl (C=O) groups excluding carboxylic acids is 2. The topological polar surface area (TPSA) is 86.8 Å². The lowest BCUT2D eigenvalue weighted by Gasteiger charge is -2.34. The van der Waals surface area contributed by atoms with E-state index in [4.69, 9.17) is 23.2 Å². The zero-order valence-corrected chi connectivity index (χ0v) is 26.8. The van der Waals surface area contributed by atoms with Crippen LogP contribution in [-0.4, -0.2) is 50.0 Å². The molecule has 44 heavy (non-hydrogen) atoms. The van der Waals surface area contributed by atoms with Gasteiger partial charge in [-0.3, -0.25) is 13.9 Å². The number of rotatable bonds is 11. The van der Waals surface area contributed by atoms with E-state index in [0.717, 1.165) is 47.2 Å². The van der Waals surface area contributed by atoms with Gasteiger partial charge in [0.2, 0.25) is 21.8 Å². The van der Waals surface area contributed by atoms with Crippen molar-refractivity contribution in [2.75, 3.05) is 17.1 Å². The molecule has 0 heterocycles. The van der Waals surface area contributed by atoms with Crippen molar-refractivity contribution in [3.8, 4) is 0 Å². The van der Waals surface area contributed by atoms with Crippen LogP contribution in [0.15, 0.2) is 91.0 Å². The Kier molecular flexibility index (Phi) is 10.1. The summed E-state index contributed by atoms with van der Waals surface area (Å²) in [5.41, 5.74) is 1.85. The van der Waals surface area contributed by atoms with Crippen LogP contribution in [0.2, 0.25) is 10.0 Å². The Morgan fingerprint density at radius 1 is 0.909 bits per heavy atom. The third-order valence-corrected chi connectivity index (χ3v) is 9.76. The zero-order chi connectivity index (χ0) is 31.3. The van der Waals surface area contributed by atoms with Crippen LogP contribution >= 0.6 is 23.2 Å². The second kappa shape index (κ2) is 14.0. The fourth-order valence-corrected chi connectivity index (χ4v) is 7.11. The number of halogens is 2. The van der Waals surface area contributed by atoms with Gasteiger partial charge in [-0.05, 0) is 47.6 Å². The standard InChI is InChI=1S/C34H35Cl2N3O4S/c1-44(42,43)39(31-17-9-13-25-12-5-8-16-29(25)31)23-33(40)38(22-26-18-19-27(35)21-30(26)36)32(20-24-10-3-2-4-11-24)34(41)37-28-14-6-7-15-28/h2-5,8-13,16-19,21,28,32H,6-7,14-15,20,22-23H2,1H3,(H,37,41)/t32-/m1/s1. The van der Waals surface area contributed by atoms with E-state index in [1.54, 1.807) is 30.3 Å². The van der Waals surface area contributed by atoms with Gasteiger partial charge in [0.15, 0.2) is 0 Å². The maximum Gasteiger partial charge on any atom is 0.244 e. The number of fused-ring (bicyclic) bond motifs is 1. The Morgan fingerprint density at radius 2 is 1.59 bits per heavy atom.